The van der Waals surface area contributed by atoms with Gasteiger partial charge in [-0.3, -0.25) is 4.65 Å². The lowest BCUT2D eigenvalue weighted by molar-refractivity contribution is -0.155. The molecule has 1 saturated heterocycles. The second kappa shape index (κ2) is 10.6. The molecule has 7 nitrogen and oxygen atoms in total. The van der Waals surface area contributed by atoms with Gasteiger partial charge in [-0.1, -0.05) is 24.3 Å². The van der Waals surface area contributed by atoms with E-state index in [4.69, 9.17) is 9.47 Å². The van der Waals surface area contributed by atoms with Crippen molar-refractivity contribution >= 4 is 22.4 Å². The molecule has 2 aromatic rings. The monoisotopic (exact) mass is 447 g/mol. The number of benzene rings is 1. The van der Waals surface area contributed by atoms with Crippen LogP contribution < -0.4 is 9.38 Å². The number of halogens is 1. The summed E-state index contributed by atoms with van der Waals surface area (Å²) < 4.78 is 23.4. The number of allylic oxidation sites excluding steroid dienone is 1. The molecule has 1 aromatic heterocycles. The molecule has 0 aliphatic carbocycles. The van der Waals surface area contributed by atoms with Gasteiger partial charge in [0.15, 0.2) is 6.61 Å². The lowest BCUT2D eigenvalue weighted by Gasteiger charge is -2.38. The van der Waals surface area contributed by atoms with Crippen LogP contribution >= 0.6 is 11.3 Å². The predicted molar refractivity (Wildman–Crippen MR) is 119 cm³/mol. The summed E-state index contributed by atoms with van der Waals surface area (Å²) in [5.41, 5.74) is 1.14. The van der Waals surface area contributed by atoms with Crippen LogP contribution in [0.2, 0.25) is 0 Å². The Labute approximate surface area is 185 Å². The zero-order valence-corrected chi connectivity index (χ0v) is 18.1. The first-order valence-corrected chi connectivity index (χ1v) is 10.8. The maximum atomic E-state index is 13.5. The van der Waals surface area contributed by atoms with Crippen molar-refractivity contribution in [3.05, 3.63) is 71.7 Å². The fourth-order valence-corrected chi connectivity index (χ4v) is 4.03. The van der Waals surface area contributed by atoms with Crippen molar-refractivity contribution in [1.29, 1.82) is 0 Å². The summed E-state index contributed by atoms with van der Waals surface area (Å²) in [5.74, 6) is -0.134. The van der Waals surface area contributed by atoms with Gasteiger partial charge in [0.1, 0.15) is 12.4 Å². The van der Waals surface area contributed by atoms with Crippen LogP contribution in [-0.2, 0) is 16.0 Å². The molecule has 2 heterocycles. The maximum Gasteiger partial charge on any atom is 0.348 e. The minimum absolute atomic E-state index is 0.0196. The number of rotatable bonds is 11. The number of thiazole rings is 1. The molecule has 0 saturated carbocycles. The fourth-order valence-electron chi connectivity index (χ4n) is 3.31. The first kappa shape index (κ1) is 23.1. The molecular weight excluding hydrogens is 421 g/mol. The largest absolute Gasteiger partial charge is 0.622 e. The summed E-state index contributed by atoms with van der Waals surface area (Å²) in [6.45, 7) is 7.89. The number of hydroxylamine groups is 2. The normalized spacial score (nSPS) is 21.0. The number of esters is 1. The minimum Gasteiger partial charge on any atom is -0.622 e. The van der Waals surface area contributed by atoms with Crippen molar-refractivity contribution in [1.82, 2.24) is 14.5 Å². The Morgan fingerprint density at radius 1 is 1.32 bits per heavy atom. The molecule has 0 bridgehead atoms. The van der Waals surface area contributed by atoms with E-state index in [9.17, 15) is 14.4 Å². The van der Waals surface area contributed by atoms with E-state index >= 15 is 0 Å². The van der Waals surface area contributed by atoms with Crippen LogP contribution in [0.5, 0.6) is 5.75 Å². The lowest BCUT2D eigenvalue weighted by Crippen LogP contribution is -2.51. The number of quaternary nitrogens is 1. The van der Waals surface area contributed by atoms with Crippen molar-refractivity contribution in [2.75, 3.05) is 26.4 Å². The molecule has 2 atom stereocenters. The number of hydrogen-bond donors (Lipinski definition) is 0. The van der Waals surface area contributed by atoms with Crippen LogP contribution in [0, 0.1) is 10.3 Å². The van der Waals surface area contributed by atoms with Gasteiger partial charge in [0.2, 0.25) is 5.13 Å². The van der Waals surface area contributed by atoms with Crippen molar-refractivity contribution < 1.29 is 18.7 Å². The maximum absolute atomic E-state index is 13.5. The molecule has 2 unspecified atom stereocenters. The molecule has 1 aromatic carbocycles. The molecule has 9 heteroatoms. The van der Waals surface area contributed by atoms with E-state index in [1.165, 1.54) is 0 Å². The average molecular weight is 448 g/mol. The summed E-state index contributed by atoms with van der Waals surface area (Å²) in [4.78, 5) is 18.1. The van der Waals surface area contributed by atoms with E-state index in [0.29, 0.717) is 30.1 Å². The van der Waals surface area contributed by atoms with Gasteiger partial charge in [-0.25, -0.2) is 9.69 Å². The Kier molecular flexibility index (Phi) is 7.91. The van der Waals surface area contributed by atoms with Crippen LogP contribution in [0.25, 0.3) is 0 Å². The Bertz CT molecular complexity index is 904. The second-order valence-corrected chi connectivity index (χ2v) is 8.20. The van der Waals surface area contributed by atoms with E-state index in [-0.39, 0.29) is 25.0 Å². The average Bonchev–Trinajstić information content (AvgIpc) is 3.34. The molecule has 0 N–H and O–H groups in total. The van der Waals surface area contributed by atoms with Crippen molar-refractivity contribution in [3.8, 4) is 5.75 Å². The first-order valence-electron chi connectivity index (χ1n) is 10.0. The highest BCUT2D eigenvalue weighted by molar-refractivity contribution is 7.13. The number of ether oxygens (including phenoxy) is 2. The van der Waals surface area contributed by atoms with Crippen LogP contribution in [0.15, 0.2) is 55.8 Å². The second-order valence-electron chi connectivity index (χ2n) is 7.24. The van der Waals surface area contributed by atoms with E-state index in [0.717, 1.165) is 24.6 Å². The third-order valence-corrected chi connectivity index (χ3v) is 5.81. The smallest absolute Gasteiger partial charge is 0.348 e. The van der Waals surface area contributed by atoms with Gasteiger partial charge in [0, 0.05) is 6.54 Å². The number of carbonyl (C=O) groups is 1. The molecule has 0 radical (unpaired) electrons. The van der Waals surface area contributed by atoms with E-state index in [2.05, 4.69) is 18.1 Å². The number of nitrogens with zero attached hydrogens (tertiary/aromatic N) is 3. The fraction of sp³-hybridized carbons (Fsp3) is 0.364. The molecule has 166 valence electrons. The Morgan fingerprint density at radius 3 is 2.71 bits per heavy atom. The molecule has 0 spiro atoms. The molecule has 3 rings (SSSR count). The highest BCUT2D eigenvalue weighted by atomic mass is 32.1. The summed E-state index contributed by atoms with van der Waals surface area (Å²) in [6, 6.07) is 7.42. The Morgan fingerprint density at radius 2 is 2.06 bits per heavy atom. The third-order valence-electron chi connectivity index (χ3n) is 4.91. The van der Waals surface area contributed by atoms with Gasteiger partial charge in [-0.05, 0) is 48.3 Å². The van der Waals surface area contributed by atoms with Crippen LogP contribution in [0.3, 0.4) is 0 Å². The zero-order chi connectivity index (χ0) is 22.3. The van der Waals surface area contributed by atoms with Gasteiger partial charge in [0.05, 0.1) is 12.7 Å². The number of aromatic nitrogens is 1. The van der Waals surface area contributed by atoms with Gasteiger partial charge < -0.3 is 14.7 Å². The summed E-state index contributed by atoms with van der Waals surface area (Å²) in [6.07, 6.45) is 6.01. The van der Waals surface area contributed by atoms with Crippen molar-refractivity contribution in [3.63, 3.8) is 0 Å². The van der Waals surface area contributed by atoms with Crippen LogP contribution in [0.4, 0.5) is 9.52 Å². The topological polar surface area (TPSA) is 74.7 Å². The van der Waals surface area contributed by atoms with Gasteiger partial charge >= 0.3 is 5.97 Å². The van der Waals surface area contributed by atoms with Gasteiger partial charge in [0.25, 0.3) is 11.4 Å². The van der Waals surface area contributed by atoms with E-state index in [1.807, 2.05) is 23.1 Å². The first-order chi connectivity index (χ1) is 14.9. The highest BCUT2D eigenvalue weighted by Crippen LogP contribution is 2.34. The summed E-state index contributed by atoms with van der Waals surface area (Å²) in [7, 11) is 0. The SMILES string of the molecule is C=CCCc1ccc(OCC(=O)OC2CN(CCC=C)C[N+]2([O-])c2ncc(F)s2)cc1. The molecule has 1 aliphatic heterocycles. The summed E-state index contributed by atoms with van der Waals surface area (Å²) in [5, 5.41) is 12.9. The molecule has 1 fully saturated rings. The quantitative estimate of drug-likeness (QED) is 0.224. The van der Waals surface area contributed by atoms with E-state index in [1.54, 1.807) is 18.2 Å². The van der Waals surface area contributed by atoms with Crippen LogP contribution in [-0.4, -0.2) is 48.4 Å². The van der Waals surface area contributed by atoms with E-state index < -0.39 is 22.0 Å². The number of carbonyl (C=O) groups excluding carboxylic acids is 1. The van der Waals surface area contributed by atoms with Crippen molar-refractivity contribution in [2.45, 2.75) is 25.5 Å². The number of aryl methyl sites for hydroxylation is 1. The Hall–Kier alpha value is -2.59. The molecule has 31 heavy (non-hydrogen) atoms. The van der Waals surface area contributed by atoms with Crippen molar-refractivity contribution in [2.24, 2.45) is 0 Å². The molecular formula is C22H26FN3O4S. The summed E-state index contributed by atoms with van der Waals surface area (Å²) >= 11 is 0.664. The number of hydrogen-bond acceptors (Lipinski definition) is 7. The minimum atomic E-state index is -1.05. The standard InChI is InChI=1S/C22H26FN3O4S/c1-3-5-7-17-8-10-18(11-9-17)29-15-21(27)30-20-14-25(12-6-4-2)16-26(20,28)22-24-13-19(23)31-22/h3-4,8-11,13,20H,1-2,5-7,12,14-16H2. The lowest BCUT2D eigenvalue weighted by atomic mass is 10.1. The van der Waals surface area contributed by atoms with Gasteiger partial charge in [-0.2, -0.15) is 9.37 Å². The van der Waals surface area contributed by atoms with Crippen LogP contribution in [0.1, 0.15) is 18.4 Å². The zero-order valence-electron chi connectivity index (χ0n) is 17.2. The predicted octanol–water partition coefficient (Wildman–Crippen LogP) is 4.00. The molecule has 1 aliphatic rings. The van der Waals surface area contributed by atoms with Gasteiger partial charge in [-0.15, -0.1) is 13.2 Å². The highest BCUT2D eigenvalue weighted by Gasteiger charge is 2.46. The Balaban J connectivity index is 1.60. The molecule has 0 amide bonds. The third kappa shape index (κ3) is 5.98.